The fraction of sp³-hybridized carbons (Fsp3) is 0.259. The average molecular weight is 451 g/mol. The lowest BCUT2D eigenvalue weighted by Gasteiger charge is -2.47. The van der Waals surface area contributed by atoms with Crippen LogP contribution < -0.4 is 10.7 Å². The van der Waals surface area contributed by atoms with E-state index in [1.807, 2.05) is 49.2 Å². The van der Waals surface area contributed by atoms with Gasteiger partial charge < -0.3 is 5.73 Å². The molecule has 1 aliphatic carbocycles. The van der Waals surface area contributed by atoms with Crippen LogP contribution in [0.1, 0.15) is 25.7 Å². The third kappa shape index (κ3) is 3.45. The molecular weight excluding hydrogens is 422 g/mol. The van der Waals surface area contributed by atoms with Gasteiger partial charge in [0.2, 0.25) is 12.0 Å². The quantitative estimate of drug-likeness (QED) is 0.567. The van der Waals surface area contributed by atoms with E-state index >= 15 is 0 Å². The number of aliphatic imine (C=N–C) groups is 2. The highest BCUT2D eigenvalue weighted by Gasteiger charge is 2.47. The van der Waals surface area contributed by atoms with Crippen LogP contribution in [0.5, 0.6) is 0 Å². The zero-order valence-electron chi connectivity index (χ0n) is 19.0. The molecule has 7 nitrogen and oxygen atoms in total. The standard InChI is InChI=1S/C27H28N7/c28-16-21-5-1-2-7-27(21)33(34-14-13-29-17-23(34)18-30-19-34)22-10-8-20-9-11-25(32-26(20)15-22)24-6-3-4-12-31-24/h3-4,6,8-15,17-19,21,27H,1-2,5,7,16,28H2/q+1. The number of hydrogen-bond donors (Lipinski definition) is 1. The van der Waals surface area contributed by atoms with Gasteiger partial charge in [0.1, 0.15) is 0 Å². The van der Waals surface area contributed by atoms with E-state index in [0.29, 0.717) is 17.1 Å². The summed E-state index contributed by atoms with van der Waals surface area (Å²) >= 11 is 0. The molecule has 2 aliphatic heterocycles. The fourth-order valence-corrected chi connectivity index (χ4v) is 5.45. The Morgan fingerprint density at radius 2 is 1.91 bits per heavy atom. The first kappa shape index (κ1) is 20.9. The zero-order valence-corrected chi connectivity index (χ0v) is 19.0. The van der Waals surface area contributed by atoms with Gasteiger partial charge in [-0.15, -0.1) is 4.59 Å². The Hall–Kier alpha value is -3.68. The number of nitrogens with zero attached hydrogens (tertiary/aromatic N) is 6. The molecule has 0 spiro atoms. The van der Waals surface area contributed by atoms with Crippen molar-refractivity contribution in [3.05, 3.63) is 79.0 Å². The summed E-state index contributed by atoms with van der Waals surface area (Å²) in [5, 5.41) is 3.57. The van der Waals surface area contributed by atoms with Crippen LogP contribution in [-0.2, 0) is 0 Å². The van der Waals surface area contributed by atoms with Crippen molar-refractivity contribution in [1.29, 1.82) is 0 Å². The molecule has 1 fully saturated rings. The van der Waals surface area contributed by atoms with E-state index in [4.69, 9.17) is 10.7 Å². The van der Waals surface area contributed by atoms with Crippen molar-refractivity contribution >= 4 is 29.1 Å². The second-order valence-corrected chi connectivity index (χ2v) is 9.11. The van der Waals surface area contributed by atoms with Crippen LogP contribution in [0.3, 0.4) is 0 Å². The van der Waals surface area contributed by atoms with Crippen molar-refractivity contribution in [3.8, 4) is 11.4 Å². The molecule has 4 heterocycles. The second kappa shape index (κ2) is 8.59. The number of quaternary nitrogens is 1. The molecule has 0 amide bonds. The molecule has 170 valence electrons. The van der Waals surface area contributed by atoms with Crippen LogP contribution in [0.15, 0.2) is 89.0 Å². The molecule has 3 aromatic rings. The van der Waals surface area contributed by atoms with E-state index in [2.05, 4.69) is 50.4 Å². The van der Waals surface area contributed by atoms with Gasteiger partial charge in [-0.05, 0) is 55.6 Å². The van der Waals surface area contributed by atoms with Gasteiger partial charge in [-0.25, -0.2) is 15.0 Å². The smallest absolute Gasteiger partial charge is 0.225 e. The van der Waals surface area contributed by atoms with Crippen LogP contribution in [0.4, 0.5) is 5.69 Å². The maximum absolute atomic E-state index is 6.30. The number of aromatic nitrogens is 2. The fourth-order valence-electron chi connectivity index (χ4n) is 5.45. The number of fused-ring (bicyclic) bond motifs is 2. The summed E-state index contributed by atoms with van der Waals surface area (Å²) in [6.45, 7) is 0.671. The molecule has 1 aromatic carbocycles. The molecule has 0 bridgehead atoms. The van der Waals surface area contributed by atoms with Crippen molar-refractivity contribution in [2.24, 2.45) is 21.6 Å². The van der Waals surface area contributed by atoms with Gasteiger partial charge in [0.25, 0.3) is 0 Å². The Kier molecular flexibility index (Phi) is 5.28. The van der Waals surface area contributed by atoms with Crippen molar-refractivity contribution in [3.63, 3.8) is 0 Å². The first-order chi connectivity index (χ1) is 16.8. The topological polar surface area (TPSA) is 79.8 Å². The van der Waals surface area contributed by atoms with Crippen LogP contribution >= 0.6 is 0 Å². The van der Waals surface area contributed by atoms with E-state index in [9.17, 15) is 0 Å². The van der Waals surface area contributed by atoms with Crippen molar-refractivity contribution < 1.29 is 4.59 Å². The predicted octanol–water partition coefficient (Wildman–Crippen LogP) is 4.79. The lowest BCUT2D eigenvalue weighted by Crippen LogP contribution is -2.62. The zero-order chi connectivity index (χ0) is 23.0. The summed E-state index contributed by atoms with van der Waals surface area (Å²) in [6.07, 6.45) is 16.2. The van der Waals surface area contributed by atoms with Gasteiger partial charge in [-0.1, -0.05) is 31.0 Å². The first-order valence-electron chi connectivity index (χ1n) is 11.9. The minimum absolute atomic E-state index is 0.277. The van der Waals surface area contributed by atoms with Gasteiger partial charge >= 0.3 is 0 Å². The Bertz CT molecular complexity index is 1330. The number of hydrogen-bond acceptors (Lipinski definition) is 6. The van der Waals surface area contributed by atoms with E-state index in [1.54, 1.807) is 6.20 Å². The lowest BCUT2D eigenvalue weighted by molar-refractivity contribution is -0.746. The Morgan fingerprint density at radius 1 is 1.00 bits per heavy atom. The van der Waals surface area contributed by atoms with Gasteiger partial charge in [0, 0.05) is 11.6 Å². The number of allylic oxidation sites excluding steroid dienone is 1. The summed E-state index contributed by atoms with van der Waals surface area (Å²) in [5.74, 6) is 0.410. The van der Waals surface area contributed by atoms with E-state index in [1.165, 1.54) is 12.8 Å². The van der Waals surface area contributed by atoms with E-state index in [0.717, 1.165) is 46.5 Å². The summed E-state index contributed by atoms with van der Waals surface area (Å²) in [6, 6.07) is 16.9. The third-order valence-electron chi connectivity index (χ3n) is 7.16. The van der Waals surface area contributed by atoms with Crippen molar-refractivity contribution in [2.75, 3.05) is 11.6 Å². The lowest BCUT2D eigenvalue weighted by atomic mass is 9.83. The molecule has 2 aromatic heterocycles. The Balaban J connectivity index is 1.50. The second-order valence-electron chi connectivity index (χ2n) is 9.11. The SMILES string of the molecule is NCC1CCCCC1N(c1ccc2ccc(-c3ccccn3)nc2c1)[N+]12C=CN=CC1=CN=C2. The van der Waals surface area contributed by atoms with Crippen LogP contribution in [0, 0.1) is 5.92 Å². The largest absolute Gasteiger partial charge is 0.330 e. The van der Waals surface area contributed by atoms with Crippen LogP contribution in [-0.4, -0.2) is 39.7 Å². The van der Waals surface area contributed by atoms with Gasteiger partial charge in [0.05, 0.1) is 47.2 Å². The highest BCUT2D eigenvalue weighted by Crippen LogP contribution is 2.40. The molecule has 3 unspecified atom stereocenters. The van der Waals surface area contributed by atoms with Crippen LogP contribution in [0.2, 0.25) is 0 Å². The minimum Gasteiger partial charge on any atom is -0.330 e. The van der Waals surface area contributed by atoms with Crippen molar-refractivity contribution in [2.45, 2.75) is 31.7 Å². The van der Waals surface area contributed by atoms with E-state index in [-0.39, 0.29) is 6.04 Å². The van der Waals surface area contributed by atoms with Gasteiger partial charge in [-0.2, -0.15) is 0 Å². The average Bonchev–Trinajstić information content (AvgIpc) is 3.34. The number of anilines is 1. The molecule has 0 radical (unpaired) electrons. The minimum atomic E-state index is 0.277. The summed E-state index contributed by atoms with van der Waals surface area (Å²) < 4.78 is 0.399. The molecular formula is C27H28N7+. The predicted molar refractivity (Wildman–Crippen MR) is 137 cm³/mol. The highest BCUT2D eigenvalue weighted by atomic mass is 15.8. The Morgan fingerprint density at radius 3 is 2.79 bits per heavy atom. The van der Waals surface area contributed by atoms with Gasteiger partial charge in [-0.3, -0.25) is 9.98 Å². The summed E-state index contributed by atoms with van der Waals surface area (Å²) in [5.41, 5.74) is 11.1. The van der Waals surface area contributed by atoms with E-state index < -0.39 is 0 Å². The number of pyridine rings is 2. The molecule has 2 N–H and O–H groups in total. The first-order valence-corrected chi connectivity index (χ1v) is 11.9. The highest BCUT2D eigenvalue weighted by molar-refractivity contribution is 5.86. The summed E-state index contributed by atoms with van der Waals surface area (Å²) in [4.78, 5) is 18.4. The van der Waals surface area contributed by atoms with Crippen LogP contribution in [0.25, 0.3) is 22.3 Å². The Labute approximate surface area is 199 Å². The maximum atomic E-state index is 6.30. The molecule has 3 aliphatic rings. The number of rotatable bonds is 5. The molecule has 3 atom stereocenters. The molecule has 0 saturated heterocycles. The molecule has 34 heavy (non-hydrogen) atoms. The normalized spacial score (nSPS) is 25.4. The van der Waals surface area contributed by atoms with Crippen molar-refractivity contribution in [1.82, 2.24) is 9.97 Å². The van der Waals surface area contributed by atoms with Gasteiger partial charge in [0.15, 0.2) is 6.20 Å². The summed E-state index contributed by atoms with van der Waals surface area (Å²) in [7, 11) is 0. The monoisotopic (exact) mass is 450 g/mol. The third-order valence-corrected chi connectivity index (χ3v) is 7.16. The number of nitrogens with two attached hydrogens (primary N) is 1. The molecule has 1 saturated carbocycles. The number of benzene rings is 1. The maximum Gasteiger partial charge on any atom is 0.225 e. The molecule has 7 heteroatoms. The molecule has 6 rings (SSSR count).